The van der Waals surface area contributed by atoms with Crippen molar-refractivity contribution in [1.82, 2.24) is 4.72 Å². The summed E-state index contributed by atoms with van der Waals surface area (Å²) in [5.74, 6) is 1.36. The summed E-state index contributed by atoms with van der Waals surface area (Å²) in [4.78, 5) is 0.270. The SMILES string of the molecule is CC(C)COc1ccc(S(=O)(=O)NC2CCCC2CN)cc1. The number of rotatable bonds is 7. The fourth-order valence-corrected chi connectivity index (χ4v) is 4.06. The molecule has 1 aromatic rings. The number of sulfonamides is 1. The molecule has 5 nitrogen and oxygen atoms in total. The van der Waals surface area contributed by atoms with Gasteiger partial charge in [0.2, 0.25) is 10.0 Å². The van der Waals surface area contributed by atoms with E-state index in [1.54, 1.807) is 24.3 Å². The van der Waals surface area contributed by atoms with Crippen molar-refractivity contribution in [2.75, 3.05) is 13.2 Å². The van der Waals surface area contributed by atoms with E-state index in [1.807, 2.05) is 0 Å². The van der Waals surface area contributed by atoms with E-state index in [1.165, 1.54) is 0 Å². The van der Waals surface area contributed by atoms with Crippen LogP contribution >= 0.6 is 0 Å². The highest BCUT2D eigenvalue weighted by Crippen LogP contribution is 2.26. The lowest BCUT2D eigenvalue weighted by atomic mass is 10.1. The third kappa shape index (κ3) is 4.44. The van der Waals surface area contributed by atoms with E-state index < -0.39 is 10.0 Å². The van der Waals surface area contributed by atoms with Crippen LogP contribution in [0.15, 0.2) is 29.2 Å². The first kappa shape index (κ1) is 17.2. The Hall–Kier alpha value is -1.11. The fraction of sp³-hybridized carbons (Fsp3) is 0.625. The Labute approximate surface area is 133 Å². The number of nitrogens with two attached hydrogens (primary N) is 1. The average Bonchev–Trinajstić information content (AvgIpc) is 2.92. The molecule has 0 aromatic heterocycles. The van der Waals surface area contributed by atoms with Crippen LogP contribution in [0.1, 0.15) is 33.1 Å². The second-order valence-electron chi connectivity index (χ2n) is 6.33. The van der Waals surface area contributed by atoms with Gasteiger partial charge in [-0.2, -0.15) is 0 Å². The molecule has 1 aliphatic rings. The molecule has 0 spiro atoms. The lowest BCUT2D eigenvalue weighted by Gasteiger charge is -2.19. The van der Waals surface area contributed by atoms with Crippen LogP contribution in [0.2, 0.25) is 0 Å². The van der Waals surface area contributed by atoms with E-state index in [9.17, 15) is 8.42 Å². The standard InChI is InChI=1S/C16H26N2O3S/c1-12(2)11-21-14-6-8-15(9-7-14)22(19,20)18-16-5-3-4-13(16)10-17/h6-9,12-13,16,18H,3-5,10-11,17H2,1-2H3. The van der Waals surface area contributed by atoms with Gasteiger partial charge in [0.1, 0.15) is 5.75 Å². The zero-order chi connectivity index (χ0) is 16.2. The first-order valence-corrected chi connectivity index (χ1v) is 9.36. The summed E-state index contributed by atoms with van der Waals surface area (Å²) < 4.78 is 33.2. The van der Waals surface area contributed by atoms with Crippen molar-refractivity contribution in [1.29, 1.82) is 0 Å². The lowest BCUT2D eigenvalue weighted by Crippen LogP contribution is -2.39. The molecular weight excluding hydrogens is 300 g/mol. The Kier molecular flexibility index (Phi) is 5.83. The molecule has 2 atom stereocenters. The van der Waals surface area contributed by atoms with Crippen LogP contribution < -0.4 is 15.2 Å². The van der Waals surface area contributed by atoms with Gasteiger partial charge in [0.15, 0.2) is 0 Å². The normalized spacial score (nSPS) is 22.2. The molecule has 0 bridgehead atoms. The number of benzene rings is 1. The minimum Gasteiger partial charge on any atom is -0.493 e. The predicted molar refractivity (Wildman–Crippen MR) is 87.3 cm³/mol. The van der Waals surface area contributed by atoms with E-state index in [-0.39, 0.29) is 16.9 Å². The molecule has 22 heavy (non-hydrogen) atoms. The second kappa shape index (κ2) is 7.44. The minimum atomic E-state index is -3.50. The highest BCUT2D eigenvalue weighted by molar-refractivity contribution is 7.89. The van der Waals surface area contributed by atoms with Crippen LogP contribution in [0, 0.1) is 11.8 Å². The van der Waals surface area contributed by atoms with Crippen molar-refractivity contribution in [2.24, 2.45) is 17.6 Å². The second-order valence-corrected chi connectivity index (χ2v) is 8.04. The van der Waals surface area contributed by atoms with Crippen LogP contribution in [0.25, 0.3) is 0 Å². The molecule has 1 aromatic carbocycles. The molecule has 1 fully saturated rings. The summed E-state index contributed by atoms with van der Waals surface area (Å²) in [6.07, 6.45) is 2.87. The minimum absolute atomic E-state index is 0.0492. The molecule has 1 aliphatic carbocycles. The Morgan fingerprint density at radius 3 is 2.55 bits per heavy atom. The van der Waals surface area contributed by atoms with Crippen molar-refractivity contribution in [2.45, 2.75) is 44.0 Å². The van der Waals surface area contributed by atoms with Gasteiger partial charge in [0, 0.05) is 6.04 Å². The first-order chi connectivity index (χ1) is 10.4. The zero-order valence-corrected chi connectivity index (χ0v) is 14.1. The Balaban J connectivity index is 2.03. The van der Waals surface area contributed by atoms with Gasteiger partial charge in [-0.3, -0.25) is 0 Å². The summed E-state index contributed by atoms with van der Waals surface area (Å²) in [6, 6.07) is 6.53. The molecule has 0 aliphatic heterocycles. The molecule has 3 N–H and O–H groups in total. The van der Waals surface area contributed by atoms with Gasteiger partial charge in [0.25, 0.3) is 0 Å². The molecule has 2 rings (SSSR count). The largest absolute Gasteiger partial charge is 0.493 e. The third-order valence-corrected chi connectivity index (χ3v) is 5.49. The van der Waals surface area contributed by atoms with Crippen molar-refractivity contribution >= 4 is 10.0 Å². The van der Waals surface area contributed by atoms with Gasteiger partial charge in [-0.15, -0.1) is 0 Å². The number of hydrogen-bond acceptors (Lipinski definition) is 4. The van der Waals surface area contributed by atoms with E-state index in [2.05, 4.69) is 18.6 Å². The van der Waals surface area contributed by atoms with E-state index in [4.69, 9.17) is 10.5 Å². The lowest BCUT2D eigenvalue weighted by molar-refractivity contribution is 0.271. The quantitative estimate of drug-likeness (QED) is 0.804. The van der Waals surface area contributed by atoms with Gasteiger partial charge in [0.05, 0.1) is 11.5 Å². The maximum Gasteiger partial charge on any atom is 0.240 e. The first-order valence-electron chi connectivity index (χ1n) is 7.87. The Bertz CT molecular complexity index is 570. The molecule has 2 unspecified atom stereocenters. The van der Waals surface area contributed by atoms with Crippen molar-refractivity contribution < 1.29 is 13.2 Å². The maximum atomic E-state index is 12.4. The van der Waals surface area contributed by atoms with Crippen molar-refractivity contribution in [3.8, 4) is 5.75 Å². The predicted octanol–water partition coefficient (Wildman–Crippen LogP) is 2.13. The topological polar surface area (TPSA) is 81.4 Å². The molecular formula is C16H26N2O3S. The summed E-state index contributed by atoms with van der Waals surface area (Å²) in [5.41, 5.74) is 5.71. The van der Waals surface area contributed by atoms with Gasteiger partial charge in [-0.25, -0.2) is 13.1 Å². The average molecular weight is 326 g/mol. The molecule has 0 heterocycles. The smallest absolute Gasteiger partial charge is 0.240 e. The monoisotopic (exact) mass is 326 g/mol. The highest BCUT2D eigenvalue weighted by Gasteiger charge is 2.30. The van der Waals surface area contributed by atoms with Crippen LogP contribution in [0.3, 0.4) is 0 Å². The van der Waals surface area contributed by atoms with E-state index >= 15 is 0 Å². The van der Waals surface area contributed by atoms with Crippen molar-refractivity contribution in [3.05, 3.63) is 24.3 Å². The molecule has 6 heteroatoms. The zero-order valence-electron chi connectivity index (χ0n) is 13.3. The fourth-order valence-electron chi connectivity index (χ4n) is 2.72. The third-order valence-electron chi connectivity index (χ3n) is 3.99. The van der Waals surface area contributed by atoms with Gasteiger partial charge >= 0.3 is 0 Å². The summed E-state index contributed by atoms with van der Waals surface area (Å²) in [7, 11) is -3.50. The van der Waals surface area contributed by atoms with Crippen LogP contribution in [-0.2, 0) is 10.0 Å². The molecule has 1 saturated carbocycles. The number of nitrogens with one attached hydrogen (secondary N) is 1. The number of hydrogen-bond donors (Lipinski definition) is 2. The van der Waals surface area contributed by atoms with Crippen LogP contribution in [-0.4, -0.2) is 27.6 Å². The van der Waals surface area contributed by atoms with Gasteiger partial charge < -0.3 is 10.5 Å². The summed E-state index contributed by atoms with van der Waals surface area (Å²) >= 11 is 0. The Morgan fingerprint density at radius 2 is 1.95 bits per heavy atom. The molecule has 124 valence electrons. The van der Waals surface area contributed by atoms with Gasteiger partial charge in [-0.1, -0.05) is 20.3 Å². The van der Waals surface area contributed by atoms with E-state index in [0.717, 1.165) is 19.3 Å². The molecule has 0 radical (unpaired) electrons. The van der Waals surface area contributed by atoms with Crippen molar-refractivity contribution in [3.63, 3.8) is 0 Å². The Morgan fingerprint density at radius 1 is 1.27 bits per heavy atom. The van der Waals surface area contributed by atoms with Gasteiger partial charge in [-0.05, 0) is 55.5 Å². The van der Waals surface area contributed by atoms with E-state index in [0.29, 0.717) is 24.8 Å². The molecule has 0 saturated heterocycles. The maximum absolute atomic E-state index is 12.4. The van der Waals surface area contributed by atoms with Crippen LogP contribution in [0.5, 0.6) is 5.75 Å². The highest BCUT2D eigenvalue weighted by atomic mass is 32.2. The molecule has 0 amide bonds. The number of ether oxygens (including phenoxy) is 1. The van der Waals surface area contributed by atoms with Crippen LogP contribution in [0.4, 0.5) is 0 Å². The summed E-state index contributed by atoms with van der Waals surface area (Å²) in [6.45, 7) is 5.27. The summed E-state index contributed by atoms with van der Waals surface area (Å²) in [5, 5.41) is 0.